The number of aromatic nitrogens is 3. The number of esters is 1. The van der Waals surface area contributed by atoms with Crippen LogP contribution in [0, 0.1) is 0 Å². The number of nitrogens with zero attached hydrogens (tertiary/aromatic N) is 4. The van der Waals surface area contributed by atoms with E-state index in [9.17, 15) is 14.4 Å². The summed E-state index contributed by atoms with van der Waals surface area (Å²) in [6.07, 6.45) is 1.32. The van der Waals surface area contributed by atoms with E-state index in [-0.39, 0.29) is 34.5 Å². The number of piperazine rings is 1. The van der Waals surface area contributed by atoms with Crippen molar-refractivity contribution in [1.29, 1.82) is 0 Å². The Morgan fingerprint density at radius 3 is 2.61 bits per heavy atom. The van der Waals surface area contributed by atoms with Crippen LogP contribution in [-0.2, 0) is 17.8 Å². The fraction of sp³-hybridized carbons (Fsp3) is 0.391. The molecule has 0 unspecified atom stereocenters. The highest BCUT2D eigenvalue weighted by atomic mass is 16.5. The van der Waals surface area contributed by atoms with Crippen LogP contribution < -0.4 is 20.5 Å². The monoisotopic (exact) mass is 453 g/mol. The van der Waals surface area contributed by atoms with Gasteiger partial charge in [0.25, 0.3) is 5.56 Å². The second kappa shape index (κ2) is 9.45. The van der Waals surface area contributed by atoms with E-state index in [0.29, 0.717) is 36.8 Å². The molecule has 33 heavy (non-hydrogen) atoms. The van der Waals surface area contributed by atoms with Gasteiger partial charge >= 0.3 is 5.97 Å². The van der Waals surface area contributed by atoms with E-state index in [1.807, 2.05) is 6.92 Å². The van der Waals surface area contributed by atoms with Gasteiger partial charge in [-0.15, -0.1) is 0 Å². The van der Waals surface area contributed by atoms with E-state index in [4.69, 9.17) is 9.47 Å². The molecule has 0 atom stereocenters. The number of benzene rings is 1. The maximum absolute atomic E-state index is 13.5. The number of carbonyl (C=O) groups is 2. The summed E-state index contributed by atoms with van der Waals surface area (Å²) in [5.74, 6) is 0.396. The smallest absolute Gasteiger partial charge is 0.343 e. The van der Waals surface area contributed by atoms with Crippen molar-refractivity contribution in [1.82, 2.24) is 19.4 Å². The van der Waals surface area contributed by atoms with Gasteiger partial charge in [0.05, 0.1) is 27.1 Å². The molecule has 3 heterocycles. The lowest BCUT2D eigenvalue weighted by molar-refractivity contribution is 0.0603. The van der Waals surface area contributed by atoms with Crippen molar-refractivity contribution in [2.24, 2.45) is 0 Å². The minimum Gasteiger partial charge on any atom is -0.497 e. The first kappa shape index (κ1) is 22.5. The van der Waals surface area contributed by atoms with Gasteiger partial charge in [-0.1, -0.05) is 12.1 Å². The fourth-order valence-corrected chi connectivity index (χ4v) is 4.21. The van der Waals surface area contributed by atoms with Crippen LogP contribution in [0.5, 0.6) is 5.75 Å². The third-order valence-corrected chi connectivity index (χ3v) is 5.83. The predicted octanol–water partition coefficient (Wildman–Crippen LogP) is 1.31. The summed E-state index contributed by atoms with van der Waals surface area (Å²) in [7, 11) is 2.84. The number of carbonyl (C=O) groups excluding carboxylic acids is 2. The summed E-state index contributed by atoms with van der Waals surface area (Å²) in [6, 6.07) is 6.78. The van der Waals surface area contributed by atoms with Gasteiger partial charge < -0.3 is 24.3 Å². The molecule has 1 aliphatic rings. The average Bonchev–Trinajstić information content (AvgIpc) is 3.20. The molecule has 174 valence electrons. The van der Waals surface area contributed by atoms with Crippen LogP contribution in [0.25, 0.3) is 11.0 Å². The first-order chi connectivity index (χ1) is 16.0. The molecule has 3 aromatic rings. The minimum absolute atomic E-state index is 0.180. The lowest BCUT2D eigenvalue weighted by atomic mass is 10.1. The number of ether oxygens (including phenoxy) is 2. The number of anilines is 1. The average molecular weight is 453 g/mol. The van der Waals surface area contributed by atoms with Crippen LogP contribution in [0.2, 0.25) is 0 Å². The Kier molecular flexibility index (Phi) is 6.45. The summed E-state index contributed by atoms with van der Waals surface area (Å²) in [5, 5.41) is 3.29. The molecule has 1 saturated heterocycles. The van der Waals surface area contributed by atoms with E-state index < -0.39 is 5.97 Å². The lowest BCUT2D eigenvalue weighted by Gasteiger charge is -2.30. The Morgan fingerprint density at radius 2 is 1.94 bits per heavy atom. The standard InChI is InChI=1S/C23H27N5O5/c1-4-28-20-19(18(23(31)33-3)21(28)26-10-8-24-9-11-26)25-14-27(22(20)30)13-17(29)15-6-5-7-16(12-15)32-2/h5-7,12,14,24H,4,8-11,13H2,1-3H3. The van der Waals surface area contributed by atoms with E-state index >= 15 is 0 Å². The van der Waals surface area contributed by atoms with Gasteiger partial charge in [-0.2, -0.15) is 0 Å². The highest BCUT2D eigenvalue weighted by molar-refractivity contribution is 6.08. The predicted molar refractivity (Wildman–Crippen MR) is 123 cm³/mol. The Bertz CT molecular complexity index is 1260. The molecule has 1 fully saturated rings. The first-order valence-corrected chi connectivity index (χ1v) is 10.8. The van der Waals surface area contributed by atoms with Crippen LogP contribution in [0.4, 0.5) is 5.82 Å². The summed E-state index contributed by atoms with van der Waals surface area (Å²) >= 11 is 0. The van der Waals surface area contributed by atoms with Crippen LogP contribution in [0.15, 0.2) is 35.4 Å². The highest BCUT2D eigenvalue weighted by Gasteiger charge is 2.30. The zero-order chi connectivity index (χ0) is 23.5. The number of fused-ring (bicyclic) bond motifs is 1. The van der Waals surface area contributed by atoms with E-state index in [0.717, 1.165) is 13.1 Å². The van der Waals surface area contributed by atoms with Crippen molar-refractivity contribution in [2.75, 3.05) is 45.3 Å². The molecule has 0 saturated carbocycles. The second-order valence-corrected chi connectivity index (χ2v) is 7.70. The van der Waals surface area contributed by atoms with Gasteiger partial charge in [0.15, 0.2) is 5.78 Å². The zero-order valence-electron chi connectivity index (χ0n) is 19.0. The Labute approximate surface area is 190 Å². The molecule has 4 rings (SSSR count). The Balaban J connectivity index is 1.83. The van der Waals surface area contributed by atoms with Crippen molar-refractivity contribution in [2.45, 2.75) is 20.0 Å². The van der Waals surface area contributed by atoms with Crippen LogP contribution in [0.1, 0.15) is 27.6 Å². The SMILES string of the molecule is CCn1c(N2CCNCC2)c(C(=O)OC)c2ncn(CC(=O)c3cccc(OC)c3)c(=O)c21. The van der Waals surface area contributed by atoms with E-state index in [2.05, 4.69) is 15.2 Å². The maximum Gasteiger partial charge on any atom is 0.343 e. The third-order valence-electron chi connectivity index (χ3n) is 5.83. The molecule has 1 N–H and O–H groups in total. The fourth-order valence-electron chi connectivity index (χ4n) is 4.21. The van der Waals surface area contributed by atoms with E-state index in [1.165, 1.54) is 25.1 Å². The van der Waals surface area contributed by atoms with Crippen molar-refractivity contribution in [3.8, 4) is 5.75 Å². The maximum atomic E-state index is 13.5. The number of hydrogen-bond acceptors (Lipinski definition) is 8. The first-order valence-electron chi connectivity index (χ1n) is 10.8. The number of methoxy groups -OCH3 is 2. The highest BCUT2D eigenvalue weighted by Crippen LogP contribution is 2.31. The number of nitrogens with one attached hydrogen (secondary N) is 1. The molecule has 1 aromatic carbocycles. The van der Waals surface area contributed by atoms with Gasteiger partial charge in [-0.05, 0) is 19.1 Å². The normalized spacial score (nSPS) is 13.8. The molecule has 10 nitrogen and oxygen atoms in total. The Hall–Kier alpha value is -3.66. The molecule has 2 aromatic heterocycles. The molecular formula is C23H27N5O5. The Morgan fingerprint density at radius 1 is 1.18 bits per heavy atom. The molecule has 1 aliphatic heterocycles. The quantitative estimate of drug-likeness (QED) is 0.421. The van der Waals surface area contributed by atoms with Crippen molar-refractivity contribution in [3.05, 3.63) is 52.1 Å². The number of hydrogen-bond donors (Lipinski definition) is 1. The molecule has 0 radical (unpaired) electrons. The number of aryl methyl sites for hydroxylation is 1. The van der Waals surface area contributed by atoms with Crippen LogP contribution >= 0.6 is 0 Å². The zero-order valence-corrected chi connectivity index (χ0v) is 19.0. The van der Waals surface area contributed by atoms with E-state index in [1.54, 1.807) is 28.8 Å². The number of ketones is 1. The summed E-state index contributed by atoms with van der Waals surface area (Å²) < 4.78 is 13.3. The molecule has 0 amide bonds. The summed E-state index contributed by atoms with van der Waals surface area (Å²) in [5.41, 5.74) is 0.896. The lowest BCUT2D eigenvalue weighted by Crippen LogP contribution is -2.45. The van der Waals surface area contributed by atoms with Gasteiger partial charge in [0.2, 0.25) is 0 Å². The molecule has 0 bridgehead atoms. The van der Waals surface area contributed by atoms with Crippen molar-refractivity contribution < 1.29 is 19.1 Å². The third kappa shape index (κ3) is 4.09. The molecule has 0 spiro atoms. The molecule has 10 heteroatoms. The topological polar surface area (TPSA) is 108 Å². The van der Waals surface area contributed by atoms with Crippen LogP contribution in [-0.4, -0.2) is 66.3 Å². The molecular weight excluding hydrogens is 426 g/mol. The number of rotatable bonds is 7. The summed E-state index contributed by atoms with van der Waals surface area (Å²) in [6.45, 7) is 5.07. The second-order valence-electron chi connectivity index (χ2n) is 7.70. The number of Topliss-reactive ketones (excluding diaryl/α,β-unsaturated/α-hetero) is 1. The van der Waals surface area contributed by atoms with Gasteiger partial charge in [-0.3, -0.25) is 14.2 Å². The summed E-state index contributed by atoms with van der Waals surface area (Å²) in [4.78, 5) is 45.6. The molecule has 0 aliphatic carbocycles. The largest absolute Gasteiger partial charge is 0.497 e. The minimum atomic E-state index is -0.544. The van der Waals surface area contributed by atoms with Gasteiger partial charge in [-0.25, -0.2) is 9.78 Å². The van der Waals surface area contributed by atoms with Crippen molar-refractivity contribution >= 4 is 28.6 Å². The van der Waals surface area contributed by atoms with Gasteiger partial charge in [0.1, 0.15) is 28.2 Å². The van der Waals surface area contributed by atoms with Crippen LogP contribution in [0.3, 0.4) is 0 Å². The van der Waals surface area contributed by atoms with Crippen molar-refractivity contribution in [3.63, 3.8) is 0 Å². The van der Waals surface area contributed by atoms with Gasteiger partial charge in [0, 0.05) is 38.3 Å².